The highest BCUT2D eigenvalue weighted by atomic mass is 35.5. The maximum Gasteiger partial charge on any atom is 0.328 e. The Labute approximate surface area is 204 Å². The van der Waals surface area contributed by atoms with Crippen LogP contribution in [-0.2, 0) is 16.9 Å². The highest BCUT2D eigenvalue weighted by Crippen LogP contribution is 2.44. The van der Waals surface area contributed by atoms with Crippen LogP contribution in [0.25, 0.3) is 10.9 Å². The molecule has 6 rings (SSSR count). The Morgan fingerprint density at radius 3 is 2.47 bits per heavy atom. The lowest BCUT2D eigenvalue weighted by atomic mass is 9.83. The van der Waals surface area contributed by atoms with Crippen LogP contribution in [0.1, 0.15) is 53.6 Å². The van der Waals surface area contributed by atoms with Gasteiger partial charge in [0.1, 0.15) is 0 Å². The van der Waals surface area contributed by atoms with Gasteiger partial charge in [0.25, 0.3) is 5.91 Å². The van der Waals surface area contributed by atoms with Crippen LogP contribution in [0, 0.1) is 0 Å². The number of amides is 2. The molecule has 0 radical (unpaired) electrons. The number of fused-ring (bicyclic) bond motifs is 3. The van der Waals surface area contributed by atoms with E-state index in [2.05, 4.69) is 18.2 Å². The molecule has 1 aromatic heterocycles. The lowest BCUT2D eigenvalue weighted by Gasteiger charge is -2.39. The number of ether oxygens (including phenoxy) is 1. The van der Waals surface area contributed by atoms with Crippen LogP contribution in [0.2, 0.25) is 5.02 Å². The number of likely N-dealkylation sites (tertiary alicyclic amines) is 2. The molecule has 2 fully saturated rings. The fourth-order valence-corrected chi connectivity index (χ4v) is 5.97. The number of benzene rings is 2. The molecule has 6 nitrogen and oxygen atoms in total. The molecule has 7 heteroatoms. The third kappa shape index (κ3) is 3.51. The van der Waals surface area contributed by atoms with Crippen molar-refractivity contribution < 1.29 is 14.3 Å². The van der Waals surface area contributed by atoms with E-state index in [1.54, 1.807) is 22.9 Å². The summed E-state index contributed by atoms with van der Waals surface area (Å²) in [7, 11) is 0. The number of carbonyl (C=O) groups excluding carboxylic acids is 2. The Morgan fingerprint density at radius 1 is 0.912 bits per heavy atom. The second kappa shape index (κ2) is 8.43. The van der Waals surface area contributed by atoms with Gasteiger partial charge in [-0.1, -0.05) is 41.9 Å². The first-order valence-corrected chi connectivity index (χ1v) is 12.6. The molecular weight excluding hydrogens is 450 g/mol. The van der Waals surface area contributed by atoms with E-state index in [0.29, 0.717) is 35.8 Å². The average Bonchev–Trinajstić information content (AvgIpc) is 3.43. The third-order valence-electron chi connectivity index (χ3n) is 7.70. The van der Waals surface area contributed by atoms with Gasteiger partial charge < -0.3 is 14.5 Å². The van der Waals surface area contributed by atoms with E-state index < -0.39 is 0 Å². The first-order chi connectivity index (χ1) is 16.6. The first kappa shape index (κ1) is 21.7. The number of hydrogen-bond donors (Lipinski definition) is 0. The summed E-state index contributed by atoms with van der Waals surface area (Å²) in [5, 5.41) is 1.32. The summed E-state index contributed by atoms with van der Waals surface area (Å²) < 4.78 is 7.88. The lowest BCUT2D eigenvalue weighted by Crippen LogP contribution is -2.45. The Hall–Kier alpha value is -2.83. The van der Waals surface area contributed by atoms with E-state index in [9.17, 15) is 9.59 Å². The number of hydrogen-bond acceptors (Lipinski definition) is 3. The topological polar surface area (TPSA) is 54.8 Å². The largest absolute Gasteiger partial charge is 0.365 e. The molecule has 0 N–H and O–H groups in total. The van der Waals surface area contributed by atoms with Gasteiger partial charge in [0.05, 0.1) is 23.3 Å². The summed E-state index contributed by atoms with van der Waals surface area (Å²) >= 11 is 6.28. The van der Waals surface area contributed by atoms with E-state index >= 15 is 0 Å². The van der Waals surface area contributed by atoms with Crippen LogP contribution in [0.15, 0.2) is 48.7 Å². The fraction of sp³-hybridized carbons (Fsp3) is 0.407. The molecule has 3 aliphatic rings. The smallest absolute Gasteiger partial charge is 0.328 e. The number of rotatable bonds is 1. The molecule has 2 saturated heterocycles. The van der Waals surface area contributed by atoms with Crippen LogP contribution < -0.4 is 0 Å². The first-order valence-electron chi connectivity index (χ1n) is 12.2. The number of halogens is 1. The van der Waals surface area contributed by atoms with Gasteiger partial charge in [-0.25, -0.2) is 4.79 Å². The molecule has 1 spiro atoms. The number of aromatic nitrogens is 1. The number of carbonyl (C=O) groups is 2. The van der Waals surface area contributed by atoms with Crippen LogP contribution in [-0.4, -0.2) is 52.5 Å². The van der Waals surface area contributed by atoms with Gasteiger partial charge in [0.15, 0.2) is 0 Å². The van der Waals surface area contributed by atoms with Crippen LogP contribution in [0.4, 0.5) is 4.79 Å². The Kier molecular flexibility index (Phi) is 5.38. The summed E-state index contributed by atoms with van der Waals surface area (Å²) in [6.45, 7) is 3.37. The van der Waals surface area contributed by atoms with E-state index in [1.807, 2.05) is 21.9 Å². The molecule has 2 aromatic carbocycles. The molecule has 176 valence electrons. The van der Waals surface area contributed by atoms with Crippen LogP contribution in [0.5, 0.6) is 0 Å². The molecule has 34 heavy (non-hydrogen) atoms. The van der Waals surface area contributed by atoms with Crippen LogP contribution >= 0.6 is 11.6 Å². The third-order valence-corrected chi connectivity index (χ3v) is 7.94. The molecule has 0 unspecified atom stereocenters. The zero-order valence-corrected chi connectivity index (χ0v) is 19.9. The molecule has 3 aliphatic heterocycles. The summed E-state index contributed by atoms with van der Waals surface area (Å²) in [6.07, 6.45) is 6.43. The van der Waals surface area contributed by atoms with Crippen molar-refractivity contribution in [3.63, 3.8) is 0 Å². The van der Waals surface area contributed by atoms with Gasteiger partial charge in [-0.2, -0.15) is 0 Å². The van der Waals surface area contributed by atoms with Gasteiger partial charge in [0.2, 0.25) is 0 Å². The van der Waals surface area contributed by atoms with Crippen molar-refractivity contribution in [1.82, 2.24) is 14.4 Å². The SMILES string of the molecule is O=C(c1cn(C(=O)N2CCCCC2)c2cc(Cl)ccc12)N1CCC2(CC1)OCc1ccccc12. The second-order valence-corrected chi connectivity index (χ2v) is 10.1. The Morgan fingerprint density at radius 2 is 1.68 bits per heavy atom. The van der Waals surface area contributed by atoms with Crippen molar-refractivity contribution in [2.24, 2.45) is 0 Å². The Balaban J connectivity index is 1.28. The molecule has 0 atom stereocenters. The summed E-state index contributed by atoms with van der Waals surface area (Å²) in [6, 6.07) is 13.7. The van der Waals surface area contributed by atoms with Crippen molar-refractivity contribution >= 4 is 34.4 Å². The molecule has 4 heterocycles. The van der Waals surface area contributed by atoms with E-state index in [4.69, 9.17) is 16.3 Å². The predicted octanol–water partition coefficient (Wildman–Crippen LogP) is 5.41. The lowest BCUT2D eigenvalue weighted by molar-refractivity contribution is -0.0741. The maximum atomic E-state index is 13.7. The molecule has 0 saturated carbocycles. The minimum absolute atomic E-state index is 0.0429. The van der Waals surface area contributed by atoms with Gasteiger partial charge in [-0.05, 0) is 55.4 Å². The zero-order valence-electron chi connectivity index (χ0n) is 19.1. The second-order valence-electron chi connectivity index (χ2n) is 9.64. The highest BCUT2D eigenvalue weighted by molar-refractivity contribution is 6.31. The van der Waals surface area contributed by atoms with Crippen molar-refractivity contribution in [3.05, 3.63) is 70.4 Å². The van der Waals surface area contributed by atoms with Crippen LogP contribution in [0.3, 0.4) is 0 Å². The summed E-state index contributed by atoms with van der Waals surface area (Å²) in [5.41, 5.74) is 3.46. The highest BCUT2D eigenvalue weighted by Gasteiger charge is 2.43. The number of nitrogens with zero attached hydrogens (tertiary/aromatic N) is 3. The molecule has 2 amide bonds. The number of piperidine rings is 2. The molecular formula is C27H28ClN3O3. The van der Waals surface area contributed by atoms with Crippen molar-refractivity contribution in [3.8, 4) is 0 Å². The quantitative estimate of drug-likeness (QED) is 0.471. The summed E-state index contributed by atoms with van der Waals surface area (Å²) in [5.74, 6) is -0.0429. The monoisotopic (exact) mass is 477 g/mol. The normalized spacial score (nSPS) is 19.6. The van der Waals surface area contributed by atoms with E-state index in [0.717, 1.165) is 50.6 Å². The van der Waals surface area contributed by atoms with Crippen molar-refractivity contribution in [1.29, 1.82) is 0 Å². The van der Waals surface area contributed by atoms with Gasteiger partial charge in [0, 0.05) is 42.8 Å². The van der Waals surface area contributed by atoms with Gasteiger partial charge >= 0.3 is 6.03 Å². The Bertz CT molecular complexity index is 1270. The van der Waals surface area contributed by atoms with Crippen molar-refractivity contribution in [2.75, 3.05) is 26.2 Å². The molecule has 3 aromatic rings. The standard InChI is InChI=1S/C27H28ClN3O3/c28-20-8-9-21-22(17-31(24(21)16-20)26(33)30-12-4-1-5-13-30)25(32)29-14-10-27(11-15-29)23-7-3-2-6-19(23)18-34-27/h2-3,6-9,16-17H,1,4-5,10-15,18H2. The van der Waals surface area contributed by atoms with Gasteiger partial charge in [-0.15, -0.1) is 0 Å². The van der Waals surface area contributed by atoms with Crippen molar-refractivity contribution in [2.45, 2.75) is 44.3 Å². The minimum atomic E-state index is -0.293. The zero-order chi connectivity index (χ0) is 23.3. The molecule has 0 bridgehead atoms. The minimum Gasteiger partial charge on any atom is -0.365 e. The predicted molar refractivity (Wildman–Crippen MR) is 131 cm³/mol. The average molecular weight is 478 g/mol. The summed E-state index contributed by atoms with van der Waals surface area (Å²) in [4.78, 5) is 30.8. The molecule has 0 aliphatic carbocycles. The van der Waals surface area contributed by atoms with Gasteiger partial charge in [-0.3, -0.25) is 9.36 Å². The maximum absolute atomic E-state index is 13.7. The van der Waals surface area contributed by atoms with E-state index in [-0.39, 0.29) is 17.5 Å². The van der Waals surface area contributed by atoms with E-state index in [1.165, 1.54) is 11.1 Å². The fourth-order valence-electron chi connectivity index (χ4n) is 5.81.